The molecule has 1 heterocycles. The molecular formula is C14H22O3Si. The number of ether oxygens (including phenoxy) is 1. The summed E-state index contributed by atoms with van der Waals surface area (Å²) in [4.78, 5) is 0. The zero-order valence-electron chi connectivity index (χ0n) is 11.7. The molecule has 0 bridgehead atoms. The van der Waals surface area contributed by atoms with Gasteiger partial charge in [-0.3, -0.25) is 0 Å². The fraction of sp³-hybridized carbons (Fsp3) is 0.571. The van der Waals surface area contributed by atoms with E-state index in [4.69, 9.17) is 13.6 Å². The Hall–Kier alpha value is -0.683. The van der Waals surface area contributed by atoms with Crippen LogP contribution in [0, 0.1) is 0 Å². The number of benzene rings is 1. The summed E-state index contributed by atoms with van der Waals surface area (Å²) in [7, 11) is 1.09. The van der Waals surface area contributed by atoms with Crippen molar-refractivity contribution in [3.63, 3.8) is 0 Å². The van der Waals surface area contributed by atoms with Crippen LogP contribution in [0.3, 0.4) is 0 Å². The minimum atomic E-state index is -2.45. The van der Waals surface area contributed by atoms with E-state index in [9.17, 15) is 0 Å². The van der Waals surface area contributed by atoms with Crippen LogP contribution in [0.15, 0.2) is 24.3 Å². The van der Waals surface area contributed by atoms with E-state index >= 15 is 0 Å². The quantitative estimate of drug-likeness (QED) is 0.763. The maximum atomic E-state index is 5.96. The molecular weight excluding hydrogens is 244 g/mol. The van der Waals surface area contributed by atoms with Gasteiger partial charge in [-0.2, -0.15) is 0 Å². The van der Waals surface area contributed by atoms with Crippen LogP contribution in [-0.2, 0) is 20.0 Å². The molecule has 0 atom stereocenters. The summed E-state index contributed by atoms with van der Waals surface area (Å²) in [5.41, 5.74) is 1.32. The lowest BCUT2D eigenvalue weighted by Crippen LogP contribution is -2.67. The SMILES string of the molecule is CCc1ccccc1[Si](OC)(OC)C1(C)COC1. The summed E-state index contributed by atoms with van der Waals surface area (Å²) in [6.45, 7) is 5.82. The van der Waals surface area contributed by atoms with Crippen LogP contribution in [0.2, 0.25) is 5.04 Å². The molecule has 0 aliphatic carbocycles. The molecule has 1 aliphatic rings. The van der Waals surface area contributed by atoms with Crippen molar-refractivity contribution in [1.29, 1.82) is 0 Å². The molecule has 1 aromatic carbocycles. The van der Waals surface area contributed by atoms with Crippen LogP contribution in [0.5, 0.6) is 0 Å². The van der Waals surface area contributed by atoms with Gasteiger partial charge in [0.2, 0.25) is 0 Å². The Balaban J connectivity index is 2.53. The highest BCUT2D eigenvalue weighted by Gasteiger charge is 2.60. The Morgan fingerprint density at radius 1 is 1.22 bits per heavy atom. The normalized spacial score (nSPS) is 18.4. The third-order valence-corrected chi connectivity index (χ3v) is 8.19. The van der Waals surface area contributed by atoms with Crippen molar-refractivity contribution in [2.45, 2.75) is 25.3 Å². The van der Waals surface area contributed by atoms with E-state index in [0.29, 0.717) is 0 Å². The summed E-state index contributed by atoms with van der Waals surface area (Å²) in [5, 5.41) is 1.25. The standard InChI is InChI=1S/C14H22O3Si/c1-5-12-8-6-7-9-13(12)18(15-3,16-4)14(2)10-17-11-14/h6-9H,5,10-11H2,1-4H3. The molecule has 3 nitrogen and oxygen atoms in total. The zero-order chi connectivity index (χ0) is 13.2. The van der Waals surface area contributed by atoms with Gasteiger partial charge in [-0.1, -0.05) is 38.1 Å². The highest BCUT2D eigenvalue weighted by molar-refractivity contribution is 6.84. The van der Waals surface area contributed by atoms with Crippen molar-refractivity contribution in [2.75, 3.05) is 27.4 Å². The molecule has 0 radical (unpaired) electrons. The third-order valence-electron chi connectivity index (χ3n) is 3.96. The van der Waals surface area contributed by atoms with Crippen LogP contribution in [0.25, 0.3) is 0 Å². The fourth-order valence-corrected chi connectivity index (χ4v) is 6.69. The van der Waals surface area contributed by atoms with Crippen LogP contribution in [0.1, 0.15) is 19.4 Å². The predicted octanol–water partition coefficient (Wildman–Crippen LogP) is 1.98. The summed E-state index contributed by atoms with van der Waals surface area (Å²) in [6, 6.07) is 8.46. The number of hydrogen-bond acceptors (Lipinski definition) is 3. The smallest absolute Gasteiger partial charge is 0.383 e. The highest BCUT2D eigenvalue weighted by atomic mass is 28.4. The Labute approximate surface area is 110 Å². The van der Waals surface area contributed by atoms with Gasteiger partial charge in [-0.15, -0.1) is 0 Å². The predicted molar refractivity (Wildman–Crippen MR) is 74.4 cm³/mol. The number of aryl methyl sites for hydroxylation is 1. The first-order chi connectivity index (χ1) is 8.63. The van der Waals surface area contributed by atoms with Crippen LogP contribution < -0.4 is 5.19 Å². The summed E-state index contributed by atoms with van der Waals surface area (Å²) in [6.07, 6.45) is 0.995. The monoisotopic (exact) mass is 266 g/mol. The van der Waals surface area contributed by atoms with Crippen LogP contribution >= 0.6 is 0 Å². The summed E-state index contributed by atoms with van der Waals surface area (Å²) >= 11 is 0. The van der Waals surface area contributed by atoms with Gasteiger partial charge in [0.15, 0.2) is 0 Å². The molecule has 0 spiro atoms. The molecule has 0 unspecified atom stereocenters. The van der Waals surface area contributed by atoms with Crippen molar-refractivity contribution >= 4 is 13.7 Å². The third kappa shape index (κ3) is 1.84. The van der Waals surface area contributed by atoms with Crippen LogP contribution in [-0.4, -0.2) is 36.0 Å². The van der Waals surface area contributed by atoms with E-state index < -0.39 is 8.56 Å². The average Bonchev–Trinajstić information content (AvgIpc) is 2.39. The summed E-state index contributed by atoms with van der Waals surface area (Å²) in [5.74, 6) is 0. The Morgan fingerprint density at radius 2 is 1.83 bits per heavy atom. The molecule has 1 fully saturated rings. The number of hydrogen-bond donors (Lipinski definition) is 0. The first-order valence-electron chi connectivity index (χ1n) is 6.40. The minimum absolute atomic E-state index is 0.00176. The Kier molecular flexibility index (Phi) is 3.92. The molecule has 1 aromatic rings. The largest absolute Gasteiger partial charge is 0.394 e. The number of rotatable bonds is 5. The Bertz CT molecular complexity index is 411. The van der Waals surface area contributed by atoms with Gasteiger partial charge in [0.1, 0.15) is 0 Å². The molecule has 100 valence electrons. The van der Waals surface area contributed by atoms with Crippen molar-refractivity contribution in [3.8, 4) is 0 Å². The topological polar surface area (TPSA) is 27.7 Å². The van der Waals surface area contributed by atoms with Crippen LogP contribution in [0.4, 0.5) is 0 Å². The van der Waals surface area contributed by atoms with Crippen molar-refractivity contribution in [1.82, 2.24) is 0 Å². The maximum absolute atomic E-state index is 5.96. The molecule has 1 aliphatic heterocycles. The van der Waals surface area contributed by atoms with E-state index in [2.05, 4.69) is 38.1 Å². The van der Waals surface area contributed by atoms with Crippen molar-refractivity contribution in [3.05, 3.63) is 29.8 Å². The second-order valence-corrected chi connectivity index (χ2v) is 8.88. The lowest BCUT2D eigenvalue weighted by atomic mass is 10.1. The molecule has 0 N–H and O–H groups in total. The molecule has 4 heteroatoms. The second-order valence-electron chi connectivity index (χ2n) is 5.09. The van der Waals surface area contributed by atoms with Gasteiger partial charge >= 0.3 is 8.56 Å². The van der Waals surface area contributed by atoms with Gasteiger partial charge in [0, 0.05) is 14.2 Å². The lowest BCUT2D eigenvalue weighted by molar-refractivity contribution is -0.0351. The van der Waals surface area contributed by atoms with Crippen molar-refractivity contribution < 1.29 is 13.6 Å². The first-order valence-corrected chi connectivity index (χ1v) is 8.21. The molecule has 0 aromatic heterocycles. The molecule has 2 rings (SSSR count). The van der Waals surface area contributed by atoms with Gasteiger partial charge in [-0.05, 0) is 17.2 Å². The maximum Gasteiger partial charge on any atom is 0.383 e. The van der Waals surface area contributed by atoms with Gasteiger partial charge < -0.3 is 13.6 Å². The van der Waals surface area contributed by atoms with Crippen molar-refractivity contribution in [2.24, 2.45) is 0 Å². The van der Waals surface area contributed by atoms with E-state index in [1.807, 2.05) is 0 Å². The lowest BCUT2D eigenvalue weighted by Gasteiger charge is -2.49. The second kappa shape index (κ2) is 5.13. The fourth-order valence-electron chi connectivity index (χ4n) is 2.87. The van der Waals surface area contributed by atoms with E-state index in [-0.39, 0.29) is 5.04 Å². The molecule has 0 saturated carbocycles. The molecule has 0 amide bonds. The molecule has 18 heavy (non-hydrogen) atoms. The Morgan fingerprint density at radius 3 is 2.28 bits per heavy atom. The minimum Gasteiger partial charge on any atom is -0.394 e. The van der Waals surface area contributed by atoms with Gasteiger partial charge in [0.05, 0.1) is 18.3 Å². The zero-order valence-corrected chi connectivity index (χ0v) is 12.7. The van der Waals surface area contributed by atoms with Gasteiger partial charge in [-0.25, -0.2) is 0 Å². The first kappa shape index (κ1) is 13.7. The molecule has 1 saturated heterocycles. The average molecular weight is 266 g/mol. The van der Waals surface area contributed by atoms with E-state index in [0.717, 1.165) is 19.6 Å². The van der Waals surface area contributed by atoms with E-state index in [1.54, 1.807) is 14.2 Å². The van der Waals surface area contributed by atoms with Gasteiger partial charge in [0.25, 0.3) is 0 Å². The van der Waals surface area contributed by atoms with E-state index in [1.165, 1.54) is 10.8 Å². The highest BCUT2D eigenvalue weighted by Crippen LogP contribution is 2.45. The summed E-state index contributed by atoms with van der Waals surface area (Å²) < 4.78 is 17.3.